The third-order valence-corrected chi connectivity index (χ3v) is 15.3. The highest BCUT2D eigenvalue weighted by molar-refractivity contribution is 5.71. The molecular formula is C72H130O6. The average Bonchev–Trinajstić information content (AvgIpc) is 3.44. The monoisotopic (exact) mass is 1090 g/mol. The van der Waals surface area contributed by atoms with Crippen LogP contribution in [0.4, 0.5) is 0 Å². The van der Waals surface area contributed by atoms with Crippen LogP contribution in [0, 0.1) is 0 Å². The third-order valence-electron chi connectivity index (χ3n) is 15.3. The minimum absolute atomic E-state index is 0.0927. The SMILES string of the molecule is CC/C=C\C/C=C\C/C=C\C/C=C\CCC(=O)OCC(COC(=O)CCCCCCCCCCCCCCCCCCCCCCCCCC)OC(=O)CCCCCCCCCCCCC/C=C\CCCCCCCCCC. The number of carbonyl (C=O) groups is 3. The van der Waals surface area contributed by atoms with Gasteiger partial charge in [0, 0.05) is 19.3 Å². The topological polar surface area (TPSA) is 78.9 Å². The molecule has 0 spiro atoms. The van der Waals surface area contributed by atoms with Gasteiger partial charge in [0.1, 0.15) is 13.2 Å². The van der Waals surface area contributed by atoms with E-state index in [4.69, 9.17) is 14.2 Å². The van der Waals surface area contributed by atoms with Gasteiger partial charge < -0.3 is 14.2 Å². The van der Waals surface area contributed by atoms with E-state index in [1.807, 2.05) is 6.08 Å². The highest BCUT2D eigenvalue weighted by Crippen LogP contribution is 2.18. The van der Waals surface area contributed by atoms with Gasteiger partial charge >= 0.3 is 17.9 Å². The van der Waals surface area contributed by atoms with Crippen LogP contribution in [0.5, 0.6) is 0 Å². The van der Waals surface area contributed by atoms with E-state index in [0.717, 1.165) is 64.2 Å². The van der Waals surface area contributed by atoms with E-state index < -0.39 is 6.10 Å². The molecule has 0 aromatic carbocycles. The van der Waals surface area contributed by atoms with Crippen LogP contribution in [-0.4, -0.2) is 37.2 Å². The summed E-state index contributed by atoms with van der Waals surface area (Å²) in [6.45, 7) is 6.52. The quantitative estimate of drug-likeness (QED) is 0.0261. The van der Waals surface area contributed by atoms with E-state index in [2.05, 4.69) is 75.5 Å². The molecule has 454 valence electrons. The molecule has 1 atom stereocenters. The second-order valence-corrected chi connectivity index (χ2v) is 23.1. The Morgan fingerprint density at radius 2 is 0.526 bits per heavy atom. The largest absolute Gasteiger partial charge is 0.462 e. The Bertz CT molecular complexity index is 1390. The molecule has 6 heteroatoms. The van der Waals surface area contributed by atoms with Crippen molar-refractivity contribution in [3.63, 3.8) is 0 Å². The summed E-state index contributed by atoms with van der Waals surface area (Å²) in [5.74, 6) is -0.957. The first kappa shape index (κ1) is 75.1. The first-order valence-corrected chi connectivity index (χ1v) is 34.3. The van der Waals surface area contributed by atoms with Crippen LogP contribution in [0.1, 0.15) is 361 Å². The molecule has 0 aliphatic heterocycles. The molecule has 0 saturated heterocycles. The maximum absolute atomic E-state index is 12.9. The molecule has 0 aromatic heterocycles. The normalized spacial score (nSPS) is 12.4. The summed E-state index contributed by atoms with van der Waals surface area (Å²) in [4.78, 5) is 38.3. The summed E-state index contributed by atoms with van der Waals surface area (Å²) in [6.07, 6.45) is 85.6. The van der Waals surface area contributed by atoms with Crippen LogP contribution in [0.15, 0.2) is 60.8 Å². The first-order valence-electron chi connectivity index (χ1n) is 34.3. The van der Waals surface area contributed by atoms with Gasteiger partial charge in [-0.25, -0.2) is 0 Å². The standard InChI is InChI=1S/C72H130O6/c1-4-7-10-13-16-19-22-25-27-29-31-33-35-37-38-40-42-44-47-50-53-56-59-62-65-71(74)77-68-69(67-76-70(73)64-61-58-55-52-49-46-24-21-18-15-12-9-6-3)78-72(75)66-63-60-57-54-51-48-45-43-41-39-36-34-32-30-28-26-23-20-17-14-11-8-5-2/h9,12,18,21,30,32,46,49,55,58,69H,4-8,10-11,13-17,19-20,22-29,31,33-45,47-48,50-54,56-57,59-68H2,1-3H3/b12-9-,21-18-,32-30-,49-46-,58-55-. The van der Waals surface area contributed by atoms with Crippen LogP contribution < -0.4 is 0 Å². The number of unbranched alkanes of at least 4 members (excludes halogenated alkanes) is 42. The van der Waals surface area contributed by atoms with Crippen LogP contribution >= 0.6 is 0 Å². The van der Waals surface area contributed by atoms with E-state index in [1.165, 1.54) is 250 Å². The molecule has 0 N–H and O–H groups in total. The number of hydrogen-bond acceptors (Lipinski definition) is 6. The molecule has 0 radical (unpaired) electrons. The summed E-state index contributed by atoms with van der Waals surface area (Å²) in [6, 6.07) is 0. The zero-order valence-electron chi connectivity index (χ0n) is 52.2. The zero-order chi connectivity index (χ0) is 56.4. The molecule has 0 saturated carbocycles. The van der Waals surface area contributed by atoms with Crippen molar-refractivity contribution in [1.29, 1.82) is 0 Å². The predicted molar refractivity (Wildman–Crippen MR) is 339 cm³/mol. The Morgan fingerprint density at radius 1 is 0.269 bits per heavy atom. The number of esters is 3. The molecule has 0 aliphatic rings. The summed E-state index contributed by atoms with van der Waals surface area (Å²) in [7, 11) is 0. The molecule has 0 aromatic rings. The second-order valence-electron chi connectivity index (χ2n) is 23.1. The number of allylic oxidation sites excluding steroid dienone is 10. The fraction of sp³-hybridized carbons (Fsp3) is 0.819. The Balaban J connectivity index is 4.28. The molecule has 0 amide bonds. The van der Waals surface area contributed by atoms with E-state index in [1.54, 1.807) is 0 Å². The average molecular weight is 1090 g/mol. The van der Waals surface area contributed by atoms with Crippen LogP contribution in [0.3, 0.4) is 0 Å². The van der Waals surface area contributed by atoms with Gasteiger partial charge in [-0.2, -0.15) is 0 Å². The number of carbonyl (C=O) groups excluding carboxylic acids is 3. The highest BCUT2D eigenvalue weighted by Gasteiger charge is 2.19. The predicted octanol–water partition coefficient (Wildman–Crippen LogP) is 23.5. The fourth-order valence-electron chi connectivity index (χ4n) is 10.2. The molecule has 78 heavy (non-hydrogen) atoms. The van der Waals surface area contributed by atoms with Crippen molar-refractivity contribution in [2.45, 2.75) is 367 Å². The van der Waals surface area contributed by atoms with Crippen molar-refractivity contribution in [1.82, 2.24) is 0 Å². The first-order chi connectivity index (χ1) is 38.5. The molecule has 0 heterocycles. The second kappa shape index (κ2) is 66.6. The molecule has 0 rings (SSSR count). The molecule has 0 bridgehead atoms. The van der Waals surface area contributed by atoms with Gasteiger partial charge in [0.05, 0.1) is 0 Å². The number of rotatable bonds is 63. The summed E-state index contributed by atoms with van der Waals surface area (Å²) >= 11 is 0. The lowest BCUT2D eigenvalue weighted by Gasteiger charge is -2.18. The van der Waals surface area contributed by atoms with Gasteiger partial charge in [0.15, 0.2) is 6.10 Å². The molecule has 0 fully saturated rings. The summed E-state index contributed by atoms with van der Waals surface area (Å²) < 4.78 is 16.9. The Hall–Kier alpha value is -2.89. The lowest BCUT2D eigenvalue weighted by molar-refractivity contribution is -0.166. The molecule has 1 unspecified atom stereocenters. The maximum Gasteiger partial charge on any atom is 0.306 e. The number of hydrogen-bond donors (Lipinski definition) is 0. The molecule has 6 nitrogen and oxygen atoms in total. The van der Waals surface area contributed by atoms with Gasteiger partial charge in [0.25, 0.3) is 0 Å². The van der Waals surface area contributed by atoms with Gasteiger partial charge in [0.2, 0.25) is 0 Å². The van der Waals surface area contributed by atoms with E-state index in [0.29, 0.717) is 19.3 Å². The van der Waals surface area contributed by atoms with Gasteiger partial charge in [-0.3, -0.25) is 14.4 Å². The van der Waals surface area contributed by atoms with Crippen LogP contribution in [-0.2, 0) is 28.6 Å². The highest BCUT2D eigenvalue weighted by atomic mass is 16.6. The molecule has 0 aliphatic carbocycles. The maximum atomic E-state index is 12.9. The van der Waals surface area contributed by atoms with Crippen molar-refractivity contribution in [3.05, 3.63) is 60.8 Å². The number of ether oxygens (including phenoxy) is 3. The van der Waals surface area contributed by atoms with Gasteiger partial charge in [-0.1, -0.05) is 332 Å². The Labute approximate surface area is 485 Å². The van der Waals surface area contributed by atoms with E-state index in [-0.39, 0.29) is 37.5 Å². The Kier molecular flexibility index (Phi) is 64.2. The van der Waals surface area contributed by atoms with Crippen LogP contribution in [0.25, 0.3) is 0 Å². The minimum atomic E-state index is -0.803. The zero-order valence-corrected chi connectivity index (χ0v) is 52.2. The summed E-state index contributed by atoms with van der Waals surface area (Å²) in [5.41, 5.74) is 0. The van der Waals surface area contributed by atoms with Crippen molar-refractivity contribution in [2.75, 3.05) is 13.2 Å². The third kappa shape index (κ3) is 63.9. The lowest BCUT2D eigenvalue weighted by Crippen LogP contribution is -2.30. The van der Waals surface area contributed by atoms with Crippen molar-refractivity contribution >= 4 is 17.9 Å². The Morgan fingerprint density at radius 3 is 0.859 bits per heavy atom. The lowest BCUT2D eigenvalue weighted by atomic mass is 10.0. The molecular weight excluding hydrogens is 961 g/mol. The minimum Gasteiger partial charge on any atom is -0.462 e. The van der Waals surface area contributed by atoms with Crippen LogP contribution in [0.2, 0.25) is 0 Å². The fourth-order valence-corrected chi connectivity index (χ4v) is 10.2. The van der Waals surface area contributed by atoms with E-state index in [9.17, 15) is 14.4 Å². The van der Waals surface area contributed by atoms with Crippen molar-refractivity contribution in [3.8, 4) is 0 Å². The smallest absolute Gasteiger partial charge is 0.306 e. The van der Waals surface area contributed by atoms with Crippen molar-refractivity contribution in [2.24, 2.45) is 0 Å². The van der Waals surface area contributed by atoms with Gasteiger partial charge in [-0.15, -0.1) is 0 Å². The van der Waals surface area contributed by atoms with E-state index >= 15 is 0 Å². The van der Waals surface area contributed by atoms with Gasteiger partial charge in [-0.05, 0) is 70.6 Å². The summed E-state index contributed by atoms with van der Waals surface area (Å²) in [5, 5.41) is 0. The van der Waals surface area contributed by atoms with Crippen molar-refractivity contribution < 1.29 is 28.6 Å².